The van der Waals surface area contributed by atoms with Crippen molar-refractivity contribution >= 4 is 30.2 Å². The molecule has 0 heterocycles. The quantitative estimate of drug-likeness (QED) is 0.302. The highest BCUT2D eigenvalue weighted by Gasteiger charge is 2.29. The fourth-order valence-corrected chi connectivity index (χ4v) is 3.38. The molecule has 3 rings (SSSR count). The molecule has 3 amide bonds. The summed E-state index contributed by atoms with van der Waals surface area (Å²) in [5.74, 6) is -4.42. The van der Waals surface area contributed by atoms with Crippen molar-refractivity contribution in [3.05, 3.63) is 59.7 Å². The Morgan fingerprint density at radius 1 is 0.968 bits per heavy atom. The molecule has 2 aromatic carbocycles. The summed E-state index contributed by atoms with van der Waals surface area (Å²) in [4.78, 5) is 56.5. The zero-order valence-electron chi connectivity index (χ0n) is 16.2. The highest BCUT2D eigenvalue weighted by molar-refractivity contribution is 6.32. The first-order valence-corrected chi connectivity index (χ1v) is 9.30. The molecule has 0 spiro atoms. The average molecular weight is 425 g/mol. The van der Waals surface area contributed by atoms with Gasteiger partial charge in [-0.3, -0.25) is 15.0 Å². The van der Waals surface area contributed by atoms with Gasteiger partial charge in [0.05, 0.1) is 0 Å². The lowest BCUT2D eigenvalue weighted by molar-refractivity contribution is -0.151. The van der Waals surface area contributed by atoms with E-state index in [0.717, 1.165) is 22.3 Å². The van der Waals surface area contributed by atoms with Crippen molar-refractivity contribution in [3.8, 4) is 11.1 Å². The van der Waals surface area contributed by atoms with Gasteiger partial charge in [0, 0.05) is 12.3 Å². The summed E-state index contributed by atoms with van der Waals surface area (Å²) in [5, 5.41) is 10.5. The van der Waals surface area contributed by atoms with E-state index in [2.05, 4.69) is 0 Å². The van der Waals surface area contributed by atoms with Gasteiger partial charge in [-0.25, -0.2) is 15.0 Å². The molecule has 160 valence electrons. The molecule has 0 aliphatic heterocycles. The number of benzene rings is 2. The Kier molecular flexibility index (Phi) is 6.61. The molecule has 0 unspecified atom stereocenters. The maximum absolute atomic E-state index is 12.0. The molecule has 10 nitrogen and oxygen atoms in total. The maximum Gasteiger partial charge on any atom is 0.426 e. The Balaban J connectivity index is 1.57. The largest absolute Gasteiger partial charge is 0.474 e. The van der Waals surface area contributed by atoms with Gasteiger partial charge in [-0.05, 0) is 22.3 Å². The number of fused-ring (bicyclic) bond motifs is 3. The van der Waals surface area contributed by atoms with Crippen molar-refractivity contribution in [2.24, 2.45) is 0 Å². The number of aldehydes is 1. The second kappa shape index (κ2) is 9.53. The number of hydrazine groups is 1. The van der Waals surface area contributed by atoms with E-state index >= 15 is 0 Å². The number of aliphatic carboxylic acids is 1. The van der Waals surface area contributed by atoms with Crippen LogP contribution in [0.25, 0.3) is 11.1 Å². The Labute approximate surface area is 176 Å². The molecule has 1 aliphatic carbocycles. The van der Waals surface area contributed by atoms with Gasteiger partial charge in [0.25, 0.3) is 5.91 Å². The molecule has 0 saturated heterocycles. The van der Waals surface area contributed by atoms with Crippen molar-refractivity contribution in [1.29, 1.82) is 0 Å². The second-order valence-corrected chi connectivity index (χ2v) is 6.67. The summed E-state index contributed by atoms with van der Waals surface area (Å²) in [6, 6.07) is 14.1. The highest BCUT2D eigenvalue weighted by atomic mass is 16.6. The van der Waals surface area contributed by atoms with E-state index in [1.54, 1.807) is 0 Å². The molecule has 0 saturated carbocycles. The highest BCUT2D eigenvalue weighted by Crippen LogP contribution is 2.44. The van der Waals surface area contributed by atoms with Crippen LogP contribution in [0.4, 0.5) is 4.79 Å². The summed E-state index contributed by atoms with van der Waals surface area (Å²) in [7, 11) is 0. The number of carboxylic acid groups (broad SMARTS) is 1. The van der Waals surface area contributed by atoms with Crippen LogP contribution in [0.5, 0.6) is 0 Å². The van der Waals surface area contributed by atoms with E-state index in [1.807, 2.05) is 64.7 Å². The number of nitrogens with one attached hydrogen (secondary N) is 3. The minimum Gasteiger partial charge on any atom is -0.474 e. The smallest absolute Gasteiger partial charge is 0.426 e. The third-order valence-electron chi connectivity index (χ3n) is 4.78. The van der Waals surface area contributed by atoms with Crippen molar-refractivity contribution in [1.82, 2.24) is 16.2 Å². The third-order valence-corrected chi connectivity index (χ3v) is 4.78. The molecule has 0 aromatic heterocycles. The Hall–Kier alpha value is -4.21. The Bertz CT molecular complexity index is 992. The number of ether oxygens (including phenoxy) is 1. The zero-order chi connectivity index (χ0) is 22.4. The monoisotopic (exact) mass is 425 g/mol. The first kappa shape index (κ1) is 21.5. The Morgan fingerprint density at radius 2 is 1.55 bits per heavy atom. The molecular weight excluding hydrogens is 406 g/mol. The van der Waals surface area contributed by atoms with Crippen molar-refractivity contribution in [2.75, 3.05) is 6.61 Å². The fourth-order valence-electron chi connectivity index (χ4n) is 3.38. The summed E-state index contributed by atoms with van der Waals surface area (Å²) >= 11 is 0. The van der Waals surface area contributed by atoms with E-state index in [9.17, 15) is 24.0 Å². The van der Waals surface area contributed by atoms with Gasteiger partial charge < -0.3 is 20.0 Å². The van der Waals surface area contributed by atoms with Crippen molar-refractivity contribution < 1.29 is 33.8 Å². The van der Waals surface area contributed by atoms with Gasteiger partial charge >= 0.3 is 18.0 Å². The van der Waals surface area contributed by atoms with E-state index in [1.165, 1.54) is 0 Å². The van der Waals surface area contributed by atoms with Gasteiger partial charge in [0.2, 0.25) is 0 Å². The van der Waals surface area contributed by atoms with E-state index < -0.39 is 36.3 Å². The van der Waals surface area contributed by atoms with Crippen LogP contribution in [-0.4, -0.2) is 47.9 Å². The van der Waals surface area contributed by atoms with Gasteiger partial charge in [-0.2, -0.15) is 0 Å². The molecule has 1 aliphatic rings. The molecule has 2 aromatic rings. The molecular formula is C21H19N3O7. The van der Waals surface area contributed by atoms with Crippen LogP contribution in [0.1, 0.15) is 23.5 Å². The van der Waals surface area contributed by atoms with E-state index in [0.29, 0.717) is 6.29 Å². The zero-order valence-corrected chi connectivity index (χ0v) is 16.2. The summed E-state index contributed by atoms with van der Waals surface area (Å²) in [6.07, 6.45) is -1.10. The predicted molar refractivity (Wildman–Crippen MR) is 107 cm³/mol. The maximum atomic E-state index is 12.0. The minimum absolute atomic E-state index is 0.0171. The van der Waals surface area contributed by atoms with Gasteiger partial charge in [-0.15, -0.1) is 0 Å². The van der Waals surface area contributed by atoms with Crippen molar-refractivity contribution in [2.45, 2.75) is 18.4 Å². The summed E-state index contributed by atoms with van der Waals surface area (Å²) in [6.45, 7) is 0.0171. The van der Waals surface area contributed by atoms with Crippen LogP contribution in [0.2, 0.25) is 0 Å². The fraction of sp³-hybridized carbons (Fsp3) is 0.190. The lowest BCUT2D eigenvalue weighted by Crippen LogP contribution is -2.53. The first-order valence-electron chi connectivity index (χ1n) is 9.30. The number of carbonyl (C=O) groups excluding carboxylic acids is 4. The number of carbonyl (C=O) groups is 5. The van der Waals surface area contributed by atoms with Gasteiger partial charge in [0.1, 0.15) is 18.9 Å². The van der Waals surface area contributed by atoms with Crippen LogP contribution in [0.15, 0.2) is 48.5 Å². The van der Waals surface area contributed by atoms with Crippen LogP contribution in [-0.2, 0) is 23.9 Å². The van der Waals surface area contributed by atoms with Crippen LogP contribution >= 0.6 is 0 Å². The topological polar surface area (TPSA) is 151 Å². The lowest BCUT2D eigenvalue weighted by Gasteiger charge is -2.17. The summed E-state index contributed by atoms with van der Waals surface area (Å²) in [5.41, 5.74) is 8.17. The molecule has 0 radical (unpaired) electrons. The number of carboxylic acids is 1. The number of hydrogen-bond donors (Lipinski definition) is 4. The standard InChI is InChI=1S/C21H19N3O7/c25-10-9-17(22-19(27)20(28)29)18(26)23-24-21(30)31-11-16-14-7-3-1-5-12(14)13-6-2-4-8-15(13)16/h1-8,10,16-17H,9,11H2,(H,22,27)(H,23,26)(H,24,30)(H,28,29)/t17-/m1/s1. The van der Waals surface area contributed by atoms with Crippen LogP contribution < -0.4 is 16.2 Å². The number of hydrogen-bond acceptors (Lipinski definition) is 6. The van der Waals surface area contributed by atoms with Gasteiger partial charge in [-0.1, -0.05) is 48.5 Å². The van der Waals surface area contributed by atoms with Crippen molar-refractivity contribution in [3.63, 3.8) is 0 Å². The molecule has 31 heavy (non-hydrogen) atoms. The second-order valence-electron chi connectivity index (χ2n) is 6.67. The predicted octanol–water partition coefficient (Wildman–Crippen LogP) is 0.715. The first-order chi connectivity index (χ1) is 14.9. The minimum atomic E-state index is -1.81. The SMILES string of the molecule is O=CC[C@@H](NC(=O)C(=O)O)C(=O)NNC(=O)OCC1c2ccccc2-c2ccccc21. The molecule has 1 atom stereocenters. The molecule has 10 heteroatoms. The number of amides is 3. The van der Waals surface area contributed by atoms with Crippen LogP contribution in [0.3, 0.4) is 0 Å². The molecule has 0 bridgehead atoms. The number of rotatable bonds is 6. The molecule has 0 fully saturated rings. The lowest BCUT2D eigenvalue weighted by atomic mass is 9.98. The van der Waals surface area contributed by atoms with Crippen LogP contribution in [0, 0.1) is 0 Å². The molecule has 4 N–H and O–H groups in total. The van der Waals surface area contributed by atoms with Gasteiger partial charge in [0.15, 0.2) is 0 Å². The Morgan fingerprint density at radius 3 is 2.10 bits per heavy atom. The third kappa shape index (κ3) is 4.86. The van der Waals surface area contributed by atoms with E-state index in [-0.39, 0.29) is 12.5 Å². The van der Waals surface area contributed by atoms with E-state index in [4.69, 9.17) is 9.84 Å². The summed E-state index contributed by atoms with van der Waals surface area (Å²) < 4.78 is 5.23. The average Bonchev–Trinajstić information content (AvgIpc) is 3.09. The normalized spacial score (nSPS) is 12.6.